The van der Waals surface area contributed by atoms with Gasteiger partial charge in [0.05, 0.1) is 0 Å². The number of alkyl halides is 2. The fourth-order valence-corrected chi connectivity index (χ4v) is 2.17. The minimum atomic E-state index is -2.89. The van der Waals surface area contributed by atoms with Crippen molar-refractivity contribution >= 4 is 23.6 Å². The molecule has 0 aliphatic carbocycles. The van der Waals surface area contributed by atoms with Gasteiger partial charge in [0.2, 0.25) is 0 Å². The predicted molar refractivity (Wildman–Crippen MR) is 97.6 cm³/mol. The van der Waals surface area contributed by atoms with Gasteiger partial charge in [-0.1, -0.05) is 24.3 Å². The van der Waals surface area contributed by atoms with E-state index >= 15 is 0 Å². The monoisotopic (exact) mass is 375 g/mol. The Kier molecular flexibility index (Phi) is 7.05. The number of benzene rings is 2. The van der Waals surface area contributed by atoms with E-state index in [1.165, 1.54) is 30.3 Å². The van der Waals surface area contributed by atoms with Crippen LogP contribution in [0.5, 0.6) is 5.75 Å². The summed E-state index contributed by atoms with van der Waals surface area (Å²) >= 11 is 0. The van der Waals surface area contributed by atoms with Gasteiger partial charge in [0, 0.05) is 11.8 Å². The zero-order valence-electron chi connectivity index (χ0n) is 14.9. The topological polar surface area (TPSA) is 64.6 Å². The molecule has 7 heteroatoms. The fraction of sp³-hybridized carbons (Fsp3) is 0.200. The van der Waals surface area contributed by atoms with Crippen molar-refractivity contribution in [2.75, 3.05) is 11.9 Å². The summed E-state index contributed by atoms with van der Waals surface area (Å²) in [7, 11) is 0. The van der Waals surface area contributed by atoms with E-state index in [4.69, 9.17) is 4.74 Å². The summed E-state index contributed by atoms with van der Waals surface area (Å²) in [4.78, 5) is 23.6. The smallest absolute Gasteiger partial charge is 0.387 e. The third kappa shape index (κ3) is 6.89. The summed E-state index contributed by atoms with van der Waals surface area (Å²) in [5.74, 6) is -1.12. The number of carbonyl (C=O) groups is 2. The second kappa shape index (κ2) is 9.47. The van der Waals surface area contributed by atoms with Gasteiger partial charge in [-0.2, -0.15) is 8.78 Å². The normalized spacial score (nSPS) is 10.9. The maximum Gasteiger partial charge on any atom is 0.387 e. The number of amides is 1. The molecule has 0 unspecified atom stereocenters. The molecular formula is C20H19F2NO4. The van der Waals surface area contributed by atoms with Crippen molar-refractivity contribution in [2.24, 2.45) is 0 Å². The fourth-order valence-electron chi connectivity index (χ4n) is 2.17. The average Bonchev–Trinajstić information content (AvgIpc) is 2.62. The number of ether oxygens (including phenoxy) is 2. The van der Waals surface area contributed by atoms with Crippen LogP contribution in [0.3, 0.4) is 0 Å². The van der Waals surface area contributed by atoms with Gasteiger partial charge in [-0.25, -0.2) is 4.79 Å². The molecule has 0 spiro atoms. The zero-order chi connectivity index (χ0) is 19.8. The first kappa shape index (κ1) is 20.1. The van der Waals surface area contributed by atoms with Crippen molar-refractivity contribution in [3.05, 3.63) is 65.2 Å². The van der Waals surface area contributed by atoms with E-state index in [0.29, 0.717) is 11.3 Å². The number of hydrogen-bond donors (Lipinski definition) is 1. The SMILES string of the molecule is Cc1ccc(C)c(NC(=O)COC(=O)/C=C/c2ccc(OC(F)F)cc2)c1. The lowest BCUT2D eigenvalue weighted by Gasteiger charge is -2.09. The predicted octanol–water partition coefficient (Wildman–Crippen LogP) is 4.10. The second-order valence-electron chi connectivity index (χ2n) is 5.76. The molecule has 1 N–H and O–H groups in total. The maximum absolute atomic E-state index is 12.1. The van der Waals surface area contributed by atoms with Crippen molar-refractivity contribution in [1.82, 2.24) is 0 Å². The van der Waals surface area contributed by atoms with Crippen LogP contribution in [-0.4, -0.2) is 25.1 Å². The van der Waals surface area contributed by atoms with E-state index in [0.717, 1.165) is 17.2 Å². The Morgan fingerprint density at radius 1 is 1.11 bits per heavy atom. The summed E-state index contributed by atoms with van der Waals surface area (Å²) in [6.07, 6.45) is 2.59. The molecule has 0 aliphatic rings. The largest absolute Gasteiger partial charge is 0.452 e. The maximum atomic E-state index is 12.1. The summed E-state index contributed by atoms with van der Waals surface area (Å²) < 4.78 is 33.3. The highest BCUT2D eigenvalue weighted by atomic mass is 19.3. The highest BCUT2D eigenvalue weighted by molar-refractivity contribution is 5.95. The Labute approximate surface area is 155 Å². The van der Waals surface area contributed by atoms with E-state index < -0.39 is 25.1 Å². The van der Waals surface area contributed by atoms with Crippen molar-refractivity contribution in [3.63, 3.8) is 0 Å². The van der Waals surface area contributed by atoms with Crippen LogP contribution in [-0.2, 0) is 14.3 Å². The summed E-state index contributed by atoms with van der Waals surface area (Å²) in [5.41, 5.74) is 3.16. The van der Waals surface area contributed by atoms with Crippen LogP contribution in [0, 0.1) is 13.8 Å². The van der Waals surface area contributed by atoms with Gasteiger partial charge in [-0.3, -0.25) is 4.79 Å². The quantitative estimate of drug-likeness (QED) is 0.585. The van der Waals surface area contributed by atoms with Gasteiger partial charge in [-0.15, -0.1) is 0 Å². The third-order valence-electron chi connectivity index (χ3n) is 3.53. The first-order valence-electron chi connectivity index (χ1n) is 8.10. The molecule has 0 aliphatic heterocycles. The highest BCUT2D eigenvalue weighted by Gasteiger charge is 2.08. The molecule has 5 nitrogen and oxygen atoms in total. The van der Waals surface area contributed by atoms with E-state index in [-0.39, 0.29) is 5.75 Å². The van der Waals surface area contributed by atoms with Crippen LogP contribution in [0.1, 0.15) is 16.7 Å². The van der Waals surface area contributed by atoms with Gasteiger partial charge in [0.25, 0.3) is 5.91 Å². The molecule has 0 aromatic heterocycles. The van der Waals surface area contributed by atoms with E-state index in [1.54, 1.807) is 0 Å². The summed E-state index contributed by atoms with van der Waals surface area (Å²) in [6, 6.07) is 11.4. The van der Waals surface area contributed by atoms with Crippen molar-refractivity contribution in [2.45, 2.75) is 20.5 Å². The van der Waals surface area contributed by atoms with Gasteiger partial charge in [0.15, 0.2) is 6.61 Å². The Balaban J connectivity index is 1.82. The molecule has 2 aromatic rings. The molecule has 0 saturated heterocycles. The van der Waals surface area contributed by atoms with Crippen molar-refractivity contribution < 1.29 is 27.8 Å². The lowest BCUT2D eigenvalue weighted by molar-refractivity contribution is -0.142. The van der Waals surface area contributed by atoms with E-state index in [9.17, 15) is 18.4 Å². The van der Waals surface area contributed by atoms with E-state index in [1.807, 2.05) is 32.0 Å². The van der Waals surface area contributed by atoms with Gasteiger partial charge in [0.1, 0.15) is 5.75 Å². The molecular weight excluding hydrogens is 356 g/mol. The molecule has 142 valence electrons. The third-order valence-corrected chi connectivity index (χ3v) is 3.53. The number of nitrogens with one attached hydrogen (secondary N) is 1. The molecule has 0 atom stereocenters. The second-order valence-corrected chi connectivity index (χ2v) is 5.76. The molecule has 0 saturated carbocycles. The average molecular weight is 375 g/mol. The summed E-state index contributed by atoms with van der Waals surface area (Å²) in [5, 5.41) is 2.69. The number of hydrogen-bond acceptors (Lipinski definition) is 4. The number of aryl methyl sites for hydroxylation is 2. The Bertz CT molecular complexity index is 832. The first-order valence-corrected chi connectivity index (χ1v) is 8.10. The van der Waals surface area contributed by atoms with Crippen LogP contribution >= 0.6 is 0 Å². The van der Waals surface area contributed by atoms with Gasteiger partial charge >= 0.3 is 12.6 Å². The van der Waals surface area contributed by atoms with Crippen LogP contribution in [0.2, 0.25) is 0 Å². The molecule has 27 heavy (non-hydrogen) atoms. The molecule has 2 rings (SSSR count). The van der Waals surface area contributed by atoms with Gasteiger partial charge in [-0.05, 0) is 54.8 Å². The Morgan fingerprint density at radius 3 is 2.48 bits per heavy atom. The first-order chi connectivity index (χ1) is 12.8. The zero-order valence-corrected chi connectivity index (χ0v) is 14.9. The summed E-state index contributed by atoms with van der Waals surface area (Å²) in [6.45, 7) is 0.460. The Hall–Kier alpha value is -3.22. The lowest BCUT2D eigenvalue weighted by atomic mass is 10.1. The molecule has 1 amide bonds. The lowest BCUT2D eigenvalue weighted by Crippen LogP contribution is -2.20. The minimum absolute atomic E-state index is 0.0211. The Morgan fingerprint density at radius 2 is 1.81 bits per heavy atom. The molecule has 0 radical (unpaired) electrons. The van der Waals surface area contributed by atoms with Gasteiger partial charge < -0.3 is 14.8 Å². The van der Waals surface area contributed by atoms with Crippen molar-refractivity contribution in [3.8, 4) is 5.75 Å². The van der Waals surface area contributed by atoms with Crippen LogP contribution in [0.4, 0.5) is 14.5 Å². The molecule has 0 bridgehead atoms. The number of esters is 1. The van der Waals surface area contributed by atoms with Crippen LogP contribution in [0.15, 0.2) is 48.5 Å². The standard InChI is InChI=1S/C20H19F2NO4/c1-13-3-4-14(2)17(11-13)23-18(24)12-26-19(25)10-7-15-5-8-16(9-6-15)27-20(21)22/h3-11,20H,12H2,1-2H3,(H,23,24)/b10-7+. The van der Waals surface area contributed by atoms with E-state index in [2.05, 4.69) is 10.1 Å². The van der Waals surface area contributed by atoms with Crippen LogP contribution in [0.25, 0.3) is 6.08 Å². The number of halogens is 2. The minimum Gasteiger partial charge on any atom is -0.452 e. The number of anilines is 1. The number of carbonyl (C=O) groups excluding carboxylic acids is 2. The van der Waals surface area contributed by atoms with Crippen LogP contribution < -0.4 is 10.1 Å². The number of rotatable bonds is 7. The highest BCUT2D eigenvalue weighted by Crippen LogP contribution is 2.17. The molecule has 0 fully saturated rings. The molecule has 2 aromatic carbocycles. The van der Waals surface area contributed by atoms with Crippen molar-refractivity contribution in [1.29, 1.82) is 0 Å². The molecule has 0 heterocycles.